The van der Waals surface area contributed by atoms with Crippen LogP contribution in [0.1, 0.15) is 34.1 Å². The van der Waals surface area contributed by atoms with E-state index in [4.69, 9.17) is 5.11 Å². The number of benzene rings is 1. The summed E-state index contributed by atoms with van der Waals surface area (Å²) in [6.45, 7) is 0.787. The number of aliphatic carboxylic acids is 1. The monoisotopic (exact) mass is 370 g/mol. The van der Waals surface area contributed by atoms with Crippen LogP contribution in [0.2, 0.25) is 0 Å². The Morgan fingerprint density at radius 1 is 1.36 bits per heavy atom. The van der Waals surface area contributed by atoms with E-state index in [1.807, 2.05) is 0 Å². The lowest BCUT2D eigenvalue weighted by Gasteiger charge is -2.18. The second kappa shape index (κ2) is 5.51. The molecular weight excluding hydrogens is 355 g/mol. The average Bonchev–Trinajstić information content (AvgIpc) is 3.05. The molecule has 10 heteroatoms. The Labute approximate surface area is 142 Å². The molecule has 2 aliphatic rings. The first-order valence-corrected chi connectivity index (χ1v) is 8.98. The molecule has 1 aromatic carbocycles. The van der Waals surface area contributed by atoms with Gasteiger partial charge in [-0.25, -0.2) is 21.9 Å². The maximum absolute atomic E-state index is 14.1. The van der Waals surface area contributed by atoms with Crippen molar-refractivity contribution in [3.8, 4) is 0 Å². The SMILES string of the molecule is CCN1C(=O)c2ccc(C(=O)N3CCC(F)(C(=O)O)C3)cc2S1(=O)=O. The molecule has 134 valence electrons. The standard InChI is InChI=1S/C15H15FN2O6S/c1-2-18-13(20)10-4-3-9(7-11(10)25(18,23)24)12(19)17-6-5-15(16,8-17)14(21)22/h3-4,7H,2,5-6,8H2,1H3,(H,21,22). The number of rotatable bonds is 3. The Kier molecular flexibility index (Phi) is 3.82. The Morgan fingerprint density at radius 3 is 2.60 bits per heavy atom. The van der Waals surface area contributed by atoms with Gasteiger partial charge in [-0.1, -0.05) is 0 Å². The quantitative estimate of drug-likeness (QED) is 0.829. The van der Waals surface area contributed by atoms with Gasteiger partial charge in [0.15, 0.2) is 0 Å². The summed E-state index contributed by atoms with van der Waals surface area (Å²) >= 11 is 0. The summed E-state index contributed by atoms with van der Waals surface area (Å²) in [5.41, 5.74) is -2.57. The molecule has 1 unspecified atom stereocenters. The lowest BCUT2D eigenvalue weighted by Crippen LogP contribution is -2.38. The van der Waals surface area contributed by atoms with Gasteiger partial charge in [-0.05, 0) is 25.1 Å². The van der Waals surface area contributed by atoms with Crippen LogP contribution in [0.5, 0.6) is 0 Å². The second-order valence-corrected chi connectivity index (χ2v) is 7.76. The topological polar surface area (TPSA) is 112 Å². The van der Waals surface area contributed by atoms with Crippen LogP contribution in [0, 0.1) is 0 Å². The normalized spacial score (nSPS) is 24.5. The van der Waals surface area contributed by atoms with E-state index < -0.39 is 40.0 Å². The first-order chi connectivity index (χ1) is 11.6. The zero-order valence-electron chi connectivity index (χ0n) is 13.2. The maximum atomic E-state index is 14.1. The van der Waals surface area contributed by atoms with Gasteiger partial charge in [0, 0.05) is 25.1 Å². The number of carbonyl (C=O) groups is 3. The largest absolute Gasteiger partial charge is 0.479 e. The van der Waals surface area contributed by atoms with E-state index in [0.29, 0.717) is 4.31 Å². The lowest BCUT2D eigenvalue weighted by atomic mass is 10.1. The lowest BCUT2D eigenvalue weighted by molar-refractivity contribution is -0.149. The number of carbonyl (C=O) groups excluding carboxylic acids is 2. The third kappa shape index (κ3) is 2.48. The number of carboxylic acids is 1. The molecule has 0 aromatic heterocycles. The van der Waals surface area contributed by atoms with Crippen LogP contribution in [0.25, 0.3) is 0 Å². The van der Waals surface area contributed by atoms with E-state index in [9.17, 15) is 27.2 Å². The van der Waals surface area contributed by atoms with E-state index in [0.717, 1.165) is 11.0 Å². The molecule has 8 nitrogen and oxygen atoms in total. The van der Waals surface area contributed by atoms with Crippen molar-refractivity contribution in [1.29, 1.82) is 0 Å². The number of alkyl halides is 1. The van der Waals surface area contributed by atoms with Crippen molar-refractivity contribution < 1.29 is 32.3 Å². The van der Waals surface area contributed by atoms with Gasteiger partial charge in [-0.2, -0.15) is 0 Å². The molecule has 2 amide bonds. The first-order valence-electron chi connectivity index (χ1n) is 7.54. The number of sulfonamides is 1. The number of halogens is 1. The number of likely N-dealkylation sites (tertiary alicyclic amines) is 1. The van der Waals surface area contributed by atoms with Gasteiger partial charge < -0.3 is 10.0 Å². The van der Waals surface area contributed by atoms with Crippen molar-refractivity contribution in [2.75, 3.05) is 19.6 Å². The van der Waals surface area contributed by atoms with Gasteiger partial charge in [-0.3, -0.25) is 9.59 Å². The predicted octanol–water partition coefficient (Wildman–Crippen LogP) is 0.490. The van der Waals surface area contributed by atoms with Crippen LogP contribution in [0.4, 0.5) is 4.39 Å². The maximum Gasteiger partial charge on any atom is 0.343 e. The zero-order chi connectivity index (χ0) is 18.6. The summed E-state index contributed by atoms with van der Waals surface area (Å²) in [5, 5.41) is 8.89. The molecule has 0 aliphatic carbocycles. The van der Waals surface area contributed by atoms with E-state index in [2.05, 4.69) is 0 Å². The second-order valence-electron chi connectivity index (χ2n) is 5.93. The van der Waals surface area contributed by atoms with Gasteiger partial charge in [-0.15, -0.1) is 0 Å². The highest BCUT2D eigenvalue weighted by molar-refractivity contribution is 7.90. The summed E-state index contributed by atoms with van der Waals surface area (Å²) in [6.07, 6.45) is -0.334. The molecular formula is C15H15FN2O6S. The zero-order valence-corrected chi connectivity index (χ0v) is 14.0. The van der Waals surface area contributed by atoms with Gasteiger partial charge in [0.1, 0.15) is 4.90 Å². The molecule has 1 aromatic rings. The summed E-state index contributed by atoms with van der Waals surface area (Å²) < 4.78 is 39.5. The van der Waals surface area contributed by atoms with Crippen LogP contribution in [0.15, 0.2) is 23.1 Å². The summed E-state index contributed by atoms with van der Waals surface area (Å²) in [4.78, 5) is 36.2. The molecule has 0 spiro atoms. The van der Waals surface area contributed by atoms with Crippen molar-refractivity contribution in [2.45, 2.75) is 23.9 Å². The molecule has 0 saturated carbocycles. The van der Waals surface area contributed by atoms with Crippen LogP contribution in [-0.2, 0) is 14.8 Å². The van der Waals surface area contributed by atoms with E-state index in [1.165, 1.54) is 19.1 Å². The van der Waals surface area contributed by atoms with Crippen molar-refractivity contribution in [1.82, 2.24) is 9.21 Å². The minimum Gasteiger partial charge on any atom is -0.479 e. The summed E-state index contributed by atoms with van der Waals surface area (Å²) in [6, 6.07) is 3.61. The molecule has 1 fully saturated rings. The van der Waals surface area contributed by atoms with Gasteiger partial charge >= 0.3 is 5.97 Å². The first kappa shape index (κ1) is 17.3. The molecule has 0 radical (unpaired) electrons. The van der Waals surface area contributed by atoms with Crippen LogP contribution in [0.3, 0.4) is 0 Å². The minimum atomic E-state index is -4.02. The highest BCUT2D eigenvalue weighted by Crippen LogP contribution is 2.32. The molecule has 3 rings (SSSR count). The summed E-state index contributed by atoms with van der Waals surface area (Å²) in [5.74, 6) is -2.98. The fourth-order valence-corrected chi connectivity index (χ4v) is 4.63. The highest BCUT2D eigenvalue weighted by atomic mass is 32.2. The fourth-order valence-electron chi connectivity index (χ4n) is 3.02. The smallest absolute Gasteiger partial charge is 0.343 e. The number of amides is 2. The third-order valence-corrected chi connectivity index (χ3v) is 6.33. The van der Waals surface area contributed by atoms with Crippen molar-refractivity contribution in [3.63, 3.8) is 0 Å². The average molecular weight is 370 g/mol. The Hall–Kier alpha value is -2.49. The molecule has 25 heavy (non-hydrogen) atoms. The number of hydrogen-bond acceptors (Lipinski definition) is 5. The predicted molar refractivity (Wildman–Crippen MR) is 82.3 cm³/mol. The number of fused-ring (bicyclic) bond motifs is 1. The highest BCUT2D eigenvalue weighted by Gasteiger charge is 2.47. The molecule has 2 aliphatic heterocycles. The minimum absolute atomic E-state index is 0.0230. The molecule has 0 bridgehead atoms. The molecule has 1 saturated heterocycles. The van der Waals surface area contributed by atoms with Gasteiger partial charge in [0.05, 0.1) is 12.1 Å². The van der Waals surface area contributed by atoms with Crippen LogP contribution in [-0.4, -0.2) is 65.8 Å². The van der Waals surface area contributed by atoms with Gasteiger partial charge in [0.25, 0.3) is 21.8 Å². The number of hydrogen-bond donors (Lipinski definition) is 1. The van der Waals surface area contributed by atoms with Gasteiger partial charge in [0.2, 0.25) is 5.67 Å². The Bertz CT molecular complexity index is 899. The molecule has 1 N–H and O–H groups in total. The van der Waals surface area contributed by atoms with E-state index in [-0.39, 0.29) is 35.5 Å². The third-order valence-electron chi connectivity index (χ3n) is 4.43. The fraction of sp³-hybridized carbons (Fsp3) is 0.400. The van der Waals surface area contributed by atoms with Crippen molar-refractivity contribution in [3.05, 3.63) is 29.3 Å². The Morgan fingerprint density at radius 2 is 2.04 bits per heavy atom. The number of nitrogens with zero attached hydrogens (tertiary/aromatic N) is 2. The van der Waals surface area contributed by atoms with E-state index >= 15 is 0 Å². The van der Waals surface area contributed by atoms with Crippen LogP contribution < -0.4 is 0 Å². The van der Waals surface area contributed by atoms with Crippen molar-refractivity contribution >= 4 is 27.8 Å². The van der Waals surface area contributed by atoms with E-state index in [1.54, 1.807) is 0 Å². The molecule has 1 atom stereocenters. The van der Waals surface area contributed by atoms with Crippen LogP contribution >= 0.6 is 0 Å². The Balaban J connectivity index is 1.94. The number of carboxylic acid groups (broad SMARTS) is 1. The molecule has 2 heterocycles. The summed E-state index contributed by atoms with van der Waals surface area (Å²) in [7, 11) is -4.02. The van der Waals surface area contributed by atoms with Crippen molar-refractivity contribution in [2.24, 2.45) is 0 Å².